The van der Waals surface area contributed by atoms with Gasteiger partial charge >= 0.3 is 0 Å². The van der Waals surface area contributed by atoms with Gasteiger partial charge < -0.3 is 19.4 Å². The fourth-order valence-corrected chi connectivity index (χ4v) is 2.42. The average molecular weight is 437 g/mol. The summed E-state index contributed by atoms with van der Waals surface area (Å²) < 4.78 is 4.00. The third-order valence-electron chi connectivity index (χ3n) is 3.37. The van der Waals surface area contributed by atoms with E-state index in [0.29, 0.717) is 6.54 Å². The maximum Gasteiger partial charge on any atom is 0.194 e. The number of aliphatic imine (C=N–C) groups is 1. The number of imidazole rings is 1. The first-order valence-corrected chi connectivity index (χ1v) is 7.07. The van der Waals surface area contributed by atoms with Crippen molar-refractivity contribution in [2.75, 3.05) is 14.1 Å². The van der Waals surface area contributed by atoms with Crippen molar-refractivity contribution in [1.82, 2.24) is 24.3 Å². The molecule has 8 heteroatoms. The van der Waals surface area contributed by atoms with Gasteiger partial charge in [-0.25, -0.2) is 4.98 Å². The second-order valence-corrected chi connectivity index (χ2v) is 5.41. The van der Waals surface area contributed by atoms with E-state index in [1.807, 2.05) is 48.7 Å². The van der Waals surface area contributed by atoms with Gasteiger partial charge in [0.15, 0.2) is 5.96 Å². The summed E-state index contributed by atoms with van der Waals surface area (Å²) in [4.78, 5) is 10.6. The Morgan fingerprint density at radius 1 is 1.41 bits per heavy atom. The zero-order valence-corrected chi connectivity index (χ0v) is 16.3. The third-order valence-corrected chi connectivity index (χ3v) is 3.58. The summed E-state index contributed by atoms with van der Waals surface area (Å²) in [5, 5.41) is 4.06. The molecule has 22 heavy (non-hydrogen) atoms. The van der Waals surface area contributed by atoms with Gasteiger partial charge in [0, 0.05) is 52.5 Å². The van der Waals surface area contributed by atoms with Crippen molar-refractivity contribution in [1.29, 1.82) is 0 Å². The lowest BCUT2D eigenvalue weighted by atomic mass is 10.4. The molecule has 0 spiro atoms. The van der Waals surface area contributed by atoms with Crippen molar-refractivity contribution in [2.24, 2.45) is 19.1 Å². The van der Waals surface area contributed by atoms with Crippen LogP contribution in [-0.2, 0) is 27.2 Å². The van der Waals surface area contributed by atoms with Gasteiger partial charge in [0.25, 0.3) is 0 Å². The Hall–Kier alpha value is -1.22. The van der Waals surface area contributed by atoms with E-state index >= 15 is 0 Å². The standard InChI is InChI=1S/C14H21ClN6.HI/c1-16-14(18-8-13-17-5-6-19(13)2)21(4)10-12-7-11(15)9-20(12)3;/h5-7,9H,8,10H2,1-4H3,(H,16,18);1H. The van der Waals surface area contributed by atoms with Gasteiger partial charge in [-0.3, -0.25) is 4.99 Å². The molecule has 0 aromatic carbocycles. The largest absolute Gasteiger partial charge is 0.351 e. The zero-order valence-electron chi connectivity index (χ0n) is 13.2. The predicted octanol–water partition coefficient (Wildman–Crippen LogP) is 2.24. The molecule has 0 aliphatic heterocycles. The molecule has 2 heterocycles. The van der Waals surface area contributed by atoms with E-state index < -0.39 is 0 Å². The molecule has 0 aliphatic rings. The molecule has 0 radical (unpaired) electrons. The van der Waals surface area contributed by atoms with Crippen LogP contribution in [0.25, 0.3) is 0 Å². The second-order valence-electron chi connectivity index (χ2n) is 4.97. The van der Waals surface area contributed by atoms with Crippen LogP contribution < -0.4 is 5.32 Å². The molecular formula is C14H22ClIN6. The minimum Gasteiger partial charge on any atom is -0.351 e. The van der Waals surface area contributed by atoms with Gasteiger partial charge in [0.05, 0.1) is 18.1 Å². The highest BCUT2D eigenvalue weighted by Crippen LogP contribution is 2.14. The highest BCUT2D eigenvalue weighted by molar-refractivity contribution is 14.0. The molecule has 0 fully saturated rings. The Labute approximate surface area is 153 Å². The van der Waals surface area contributed by atoms with Gasteiger partial charge in [-0.05, 0) is 6.07 Å². The van der Waals surface area contributed by atoms with Crippen LogP contribution in [0.4, 0.5) is 0 Å². The van der Waals surface area contributed by atoms with Gasteiger partial charge in [-0.15, -0.1) is 24.0 Å². The molecule has 2 aromatic rings. The summed E-state index contributed by atoms with van der Waals surface area (Å²) in [6.07, 6.45) is 5.61. The van der Waals surface area contributed by atoms with Crippen molar-refractivity contribution in [3.8, 4) is 0 Å². The maximum absolute atomic E-state index is 6.01. The summed E-state index contributed by atoms with van der Waals surface area (Å²) in [6, 6.07) is 1.96. The lowest BCUT2D eigenvalue weighted by molar-refractivity contribution is 0.460. The first kappa shape index (κ1) is 18.8. The summed E-state index contributed by atoms with van der Waals surface area (Å²) >= 11 is 6.01. The van der Waals surface area contributed by atoms with Gasteiger partial charge in [0.2, 0.25) is 0 Å². The Morgan fingerprint density at radius 3 is 2.64 bits per heavy atom. The number of nitrogens with zero attached hydrogens (tertiary/aromatic N) is 5. The molecule has 0 saturated carbocycles. The molecular weight excluding hydrogens is 415 g/mol. The minimum atomic E-state index is 0. The number of nitrogens with one attached hydrogen (secondary N) is 1. The highest BCUT2D eigenvalue weighted by Gasteiger charge is 2.10. The van der Waals surface area contributed by atoms with Gasteiger partial charge in [0.1, 0.15) is 5.82 Å². The fraction of sp³-hybridized carbons (Fsp3) is 0.429. The van der Waals surface area contributed by atoms with Crippen LogP contribution in [0.1, 0.15) is 11.5 Å². The van der Waals surface area contributed by atoms with Crippen molar-refractivity contribution >= 4 is 41.5 Å². The summed E-state index contributed by atoms with van der Waals surface area (Å²) in [6.45, 7) is 1.36. The zero-order chi connectivity index (χ0) is 15.4. The summed E-state index contributed by atoms with van der Waals surface area (Å²) in [5.74, 6) is 1.78. The lowest BCUT2D eigenvalue weighted by Crippen LogP contribution is -2.38. The molecule has 2 aromatic heterocycles. The fourth-order valence-electron chi connectivity index (χ4n) is 2.15. The Kier molecular flexibility index (Phi) is 7.21. The van der Waals surface area contributed by atoms with E-state index in [1.165, 1.54) is 0 Å². The number of hydrogen-bond donors (Lipinski definition) is 1. The van der Waals surface area contributed by atoms with Crippen LogP contribution in [0, 0.1) is 0 Å². The number of halogens is 2. The van der Waals surface area contributed by atoms with Crippen LogP contribution in [0.2, 0.25) is 5.02 Å². The molecule has 122 valence electrons. The van der Waals surface area contributed by atoms with E-state index in [0.717, 1.165) is 29.0 Å². The van der Waals surface area contributed by atoms with E-state index in [9.17, 15) is 0 Å². The number of guanidine groups is 1. The van der Waals surface area contributed by atoms with Crippen molar-refractivity contribution in [3.63, 3.8) is 0 Å². The van der Waals surface area contributed by atoms with Gasteiger partial charge in [-0.1, -0.05) is 11.6 Å². The minimum absolute atomic E-state index is 0. The molecule has 0 amide bonds. The molecule has 0 aliphatic carbocycles. The van der Waals surface area contributed by atoms with Crippen LogP contribution in [0.5, 0.6) is 0 Å². The predicted molar refractivity (Wildman–Crippen MR) is 101 cm³/mol. The summed E-state index contributed by atoms with van der Waals surface area (Å²) in [7, 11) is 7.73. The average Bonchev–Trinajstić information content (AvgIpc) is 2.97. The van der Waals surface area contributed by atoms with E-state index in [4.69, 9.17) is 11.6 Å². The number of aromatic nitrogens is 3. The van der Waals surface area contributed by atoms with Crippen LogP contribution >= 0.6 is 35.6 Å². The molecule has 0 bridgehead atoms. The first-order chi connectivity index (χ1) is 10.0. The molecule has 1 N–H and O–H groups in total. The molecule has 0 unspecified atom stereocenters. The number of aryl methyl sites for hydroxylation is 2. The Balaban J connectivity index is 0.00000242. The molecule has 6 nitrogen and oxygen atoms in total. The van der Waals surface area contributed by atoms with Crippen LogP contribution in [0.15, 0.2) is 29.6 Å². The quantitative estimate of drug-likeness (QED) is 0.454. The van der Waals surface area contributed by atoms with Crippen molar-refractivity contribution in [3.05, 3.63) is 41.2 Å². The Morgan fingerprint density at radius 2 is 2.14 bits per heavy atom. The Bertz CT molecular complexity index is 633. The van der Waals surface area contributed by atoms with E-state index in [-0.39, 0.29) is 24.0 Å². The van der Waals surface area contributed by atoms with Crippen LogP contribution in [0.3, 0.4) is 0 Å². The molecule has 0 saturated heterocycles. The lowest BCUT2D eigenvalue weighted by Gasteiger charge is -2.22. The SMILES string of the molecule is CN=C(NCc1nccn1C)N(C)Cc1cc(Cl)cn1C.I. The summed E-state index contributed by atoms with van der Waals surface area (Å²) in [5.41, 5.74) is 1.13. The molecule has 0 atom stereocenters. The maximum atomic E-state index is 6.01. The normalized spacial score (nSPS) is 11.2. The number of rotatable bonds is 4. The second kappa shape index (κ2) is 8.42. The van der Waals surface area contributed by atoms with Gasteiger partial charge in [-0.2, -0.15) is 0 Å². The monoisotopic (exact) mass is 436 g/mol. The highest BCUT2D eigenvalue weighted by atomic mass is 127. The van der Waals surface area contributed by atoms with E-state index in [1.54, 1.807) is 13.2 Å². The van der Waals surface area contributed by atoms with Crippen LogP contribution in [-0.4, -0.2) is 39.1 Å². The third kappa shape index (κ3) is 4.64. The smallest absolute Gasteiger partial charge is 0.194 e. The van der Waals surface area contributed by atoms with E-state index in [2.05, 4.69) is 20.2 Å². The van der Waals surface area contributed by atoms with Crippen molar-refractivity contribution in [2.45, 2.75) is 13.1 Å². The topological polar surface area (TPSA) is 50.4 Å². The molecule has 2 rings (SSSR count). The number of hydrogen-bond acceptors (Lipinski definition) is 2. The first-order valence-electron chi connectivity index (χ1n) is 6.70. The van der Waals surface area contributed by atoms with Crippen molar-refractivity contribution < 1.29 is 0 Å².